The number of aryl methyl sites for hydroxylation is 2. The lowest BCUT2D eigenvalue weighted by Gasteiger charge is -2.31. The van der Waals surface area contributed by atoms with E-state index in [9.17, 15) is 9.59 Å². The average molecular weight is 553 g/mol. The van der Waals surface area contributed by atoms with Gasteiger partial charge < -0.3 is 24.4 Å². The number of para-hydroxylation sites is 1. The Kier molecular flexibility index (Phi) is 9.85. The van der Waals surface area contributed by atoms with Gasteiger partial charge in [0, 0.05) is 36.7 Å². The molecule has 7 heteroatoms. The number of benzene rings is 3. The lowest BCUT2D eigenvalue weighted by molar-refractivity contribution is -0.133. The van der Waals surface area contributed by atoms with Crippen LogP contribution >= 0.6 is 0 Å². The predicted molar refractivity (Wildman–Crippen MR) is 164 cm³/mol. The van der Waals surface area contributed by atoms with Crippen molar-refractivity contribution in [1.29, 1.82) is 0 Å². The summed E-state index contributed by atoms with van der Waals surface area (Å²) >= 11 is 0. The largest absolute Gasteiger partial charge is 0.497 e. The van der Waals surface area contributed by atoms with Crippen molar-refractivity contribution in [3.05, 3.63) is 119 Å². The first-order chi connectivity index (χ1) is 19.7. The molecule has 0 radical (unpaired) electrons. The molecule has 0 saturated carbocycles. The van der Waals surface area contributed by atoms with E-state index in [1.165, 1.54) is 0 Å². The maximum atomic E-state index is 13.9. The van der Waals surface area contributed by atoms with Gasteiger partial charge in [0.1, 0.15) is 12.3 Å². The summed E-state index contributed by atoms with van der Waals surface area (Å²) in [5.74, 6) is 0.693. The van der Waals surface area contributed by atoms with E-state index in [4.69, 9.17) is 4.74 Å². The number of urea groups is 1. The highest BCUT2D eigenvalue weighted by atomic mass is 16.5. The molecule has 0 bridgehead atoms. The van der Waals surface area contributed by atoms with E-state index in [-0.39, 0.29) is 24.5 Å². The number of nitrogens with zero attached hydrogens (tertiary/aromatic N) is 3. The molecule has 0 aliphatic carbocycles. The zero-order valence-electron chi connectivity index (χ0n) is 24.6. The second-order valence-electron chi connectivity index (χ2n) is 10.6. The molecule has 1 heterocycles. The lowest BCUT2D eigenvalue weighted by atomic mass is 10.1. The van der Waals surface area contributed by atoms with Gasteiger partial charge in [-0.25, -0.2) is 4.79 Å². The SMILES string of the molecule is COc1cccc(Cn2cccc2CN(Cc2ccccc2)C(=O)CN(C(=O)Nc2c(C)cccc2C)C(C)C)c1. The molecule has 0 atom stereocenters. The van der Waals surface area contributed by atoms with Gasteiger partial charge in [-0.1, -0.05) is 60.7 Å². The molecule has 3 amide bonds. The summed E-state index contributed by atoms with van der Waals surface area (Å²) < 4.78 is 7.54. The molecule has 7 nitrogen and oxygen atoms in total. The van der Waals surface area contributed by atoms with Gasteiger partial charge in [0.05, 0.1) is 13.7 Å². The summed E-state index contributed by atoms with van der Waals surface area (Å²) in [5.41, 5.74) is 5.90. The highest BCUT2D eigenvalue weighted by molar-refractivity contribution is 5.93. The minimum Gasteiger partial charge on any atom is -0.497 e. The Morgan fingerprint density at radius 2 is 1.54 bits per heavy atom. The summed E-state index contributed by atoms with van der Waals surface area (Å²) in [5, 5.41) is 3.05. The second kappa shape index (κ2) is 13.7. The van der Waals surface area contributed by atoms with E-state index < -0.39 is 0 Å². The van der Waals surface area contributed by atoms with Gasteiger partial charge in [0.2, 0.25) is 5.91 Å². The molecule has 0 unspecified atom stereocenters. The van der Waals surface area contributed by atoms with E-state index in [2.05, 4.69) is 16.0 Å². The van der Waals surface area contributed by atoms with Crippen LogP contribution in [0.4, 0.5) is 10.5 Å². The van der Waals surface area contributed by atoms with Crippen LogP contribution in [-0.4, -0.2) is 46.0 Å². The maximum Gasteiger partial charge on any atom is 0.322 e. The number of aromatic nitrogens is 1. The summed E-state index contributed by atoms with van der Waals surface area (Å²) in [7, 11) is 1.66. The Morgan fingerprint density at radius 1 is 0.854 bits per heavy atom. The zero-order valence-corrected chi connectivity index (χ0v) is 24.6. The Hall–Kier alpha value is -4.52. The van der Waals surface area contributed by atoms with Crippen molar-refractivity contribution in [2.75, 3.05) is 19.0 Å². The van der Waals surface area contributed by atoms with E-state index in [0.717, 1.165) is 39.4 Å². The van der Waals surface area contributed by atoms with Crippen molar-refractivity contribution in [2.45, 2.75) is 53.4 Å². The topological polar surface area (TPSA) is 66.8 Å². The summed E-state index contributed by atoms with van der Waals surface area (Å²) in [6.07, 6.45) is 2.03. The minimum absolute atomic E-state index is 0.0299. The lowest BCUT2D eigenvalue weighted by Crippen LogP contribution is -2.47. The van der Waals surface area contributed by atoms with Crippen LogP contribution in [0.3, 0.4) is 0 Å². The third-order valence-electron chi connectivity index (χ3n) is 7.24. The number of methoxy groups -OCH3 is 1. The van der Waals surface area contributed by atoms with Crippen LogP contribution in [0.2, 0.25) is 0 Å². The van der Waals surface area contributed by atoms with Crippen LogP contribution in [0.1, 0.15) is 41.8 Å². The number of anilines is 1. The highest BCUT2D eigenvalue weighted by Crippen LogP contribution is 2.21. The van der Waals surface area contributed by atoms with Gasteiger partial charge in [0.25, 0.3) is 0 Å². The van der Waals surface area contributed by atoms with Gasteiger partial charge >= 0.3 is 6.03 Å². The molecular formula is C34H40N4O3. The number of ether oxygens (including phenoxy) is 1. The van der Waals surface area contributed by atoms with Crippen molar-refractivity contribution in [3.63, 3.8) is 0 Å². The predicted octanol–water partition coefficient (Wildman–Crippen LogP) is 6.63. The normalized spacial score (nSPS) is 10.9. The molecule has 0 fully saturated rings. The fraction of sp³-hybridized carbons (Fsp3) is 0.294. The number of amides is 3. The molecule has 0 aliphatic rings. The Balaban J connectivity index is 1.55. The number of carbonyl (C=O) groups excluding carboxylic acids is 2. The van der Waals surface area contributed by atoms with Crippen LogP contribution in [0.15, 0.2) is 91.1 Å². The van der Waals surface area contributed by atoms with Crippen molar-refractivity contribution in [3.8, 4) is 5.75 Å². The first kappa shape index (κ1) is 29.5. The molecule has 4 aromatic rings. The van der Waals surface area contributed by atoms with E-state index in [1.54, 1.807) is 12.0 Å². The quantitative estimate of drug-likeness (QED) is 0.227. The second-order valence-corrected chi connectivity index (χ2v) is 10.6. The highest BCUT2D eigenvalue weighted by Gasteiger charge is 2.25. The summed E-state index contributed by atoms with van der Waals surface area (Å²) in [6, 6.07) is 27.4. The van der Waals surface area contributed by atoms with Gasteiger partial charge in [0.15, 0.2) is 0 Å². The number of carbonyl (C=O) groups is 2. The van der Waals surface area contributed by atoms with Gasteiger partial charge in [-0.3, -0.25) is 4.79 Å². The molecule has 214 valence electrons. The standard InChI is InChI=1S/C34H40N4O3/c1-25(2)38(34(40)35-33-26(3)12-9-13-27(33)4)24-32(39)37(21-28-14-7-6-8-15-28)23-30-17-11-19-36(30)22-29-16-10-18-31(20-29)41-5/h6-20,25H,21-24H2,1-5H3,(H,35,40). The van der Waals surface area contributed by atoms with Crippen molar-refractivity contribution < 1.29 is 14.3 Å². The van der Waals surface area contributed by atoms with Crippen LogP contribution in [0.5, 0.6) is 5.75 Å². The first-order valence-corrected chi connectivity index (χ1v) is 14.0. The van der Waals surface area contributed by atoms with E-state index in [0.29, 0.717) is 19.6 Å². The number of nitrogens with one attached hydrogen (secondary N) is 1. The van der Waals surface area contributed by atoms with E-state index in [1.807, 2.05) is 118 Å². The summed E-state index contributed by atoms with van der Waals surface area (Å²) in [4.78, 5) is 30.8. The molecule has 1 aromatic heterocycles. The van der Waals surface area contributed by atoms with Crippen LogP contribution in [-0.2, 0) is 24.4 Å². The van der Waals surface area contributed by atoms with Crippen LogP contribution < -0.4 is 10.1 Å². The first-order valence-electron chi connectivity index (χ1n) is 14.0. The molecule has 1 N–H and O–H groups in total. The van der Waals surface area contributed by atoms with Gasteiger partial charge in [-0.2, -0.15) is 0 Å². The minimum atomic E-state index is -0.285. The van der Waals surface area contributed by atoms with Crippen LogP contribution in [0.25, 0.3) is 0 Å². The Morgan fingerprint density at radius 3 is 2.22 bits per heavy atom. The third-order valence-corrected chi connectivity index (χ3v) is 7.24. The van der Waals surface area contributed by atoms with Gasteiger partial charge in [-0.05, 0) is 74.2 Å². The van der Waals surface area contributed by atoms with E-state index >= 15 is 0 Å². The van der Waals surface area contributed by atoms with Crippen molar-refractivity contribution in [1.82, 2.24) is 14.4 Å². The van der Waals surface area contributed by atoms with Crippen LogP contribution in [0, 0.1) is 13.8 Å². The van der Waals surface area contributed by atoms with Crippen molar-refractivity contribution in [2.24, 2.45) is 0 Å². The molecule has 0 spiro atoms. The smallest absolute Gasteiger partial charge is 0.322 e. The molecule has 0 aliphatic heterocycles. The zero-order chi connectivity index (χ0) is 29.4. The Bertz CT molecular complexity index is 1440. The third kappa shape index (κ3) is 7.78. The fourth-order valence-corrected chi connectivity index (χ4v) is 4.87. The molecule has 41 heavy (non-hydrogen) atoms. The van der Waals surface area contributed by atoms with Gasteiger partial charge in [-0.15, -0.1) is 0 Å². The fourth-order valence-electron chi connectivity index (χ4n) is 4.87. The molecule has 0 saturated heterocycles. The van der Waals surface area contributed by atoms with Crippen molar-refractivity contribution >= 4 is 17.6 Å². The number of rotatable bonds is 11. The average Bonchev–Trinajstić information content (AvgIpc) is 3.39. The maximum absolute atomic E-state index is 13.9. The monoisotopic (exact) mass is 552 g/mol. The molecule has 3 aromatic carbocycles. The summed E-state index contributed by atoms with van der Waals surface area (Å²) in [6.45, 7) is 9.27. The Labute approximate surface area is 243 Å². The molecular weight excluding hydrogens is 512 g/mol. The number of hydrogen-bond acceptors (Lipinski definition) is 3. The molecule has 4 rings (SSSR count). The number of hydrogen-bond donors (Lipinski definition) is 1.